The fraction of sp³-hybridized carbons (Fsp3) is 0.333. The van der Waals surface area contributed by atoms with Crippen LogP contribution in [0.1, 0.15) is 12.5 Å². The summed E-state index contributed by atoms with van der Waals surface area (Å²) in [5.74, 6) is 1.01. The number of nitrogens with one attached hydrogen (secondary N) is 1. The average molecular weight is 290 g/mol. The zero-order valence-corrected chi connectivity index (χ0v) is 11.9. The molecular formula is C15H18N2O4. The Morgan fingerprint density at radius 3 is 2.86 bits per heavy atom. The Hall–Kier alpha value is -2.50. The van der Waals surface area contributed by atoms with Crippen molar-refractivity contribution in [3.05, 3.63) is 36.4 Å². The standard InChI is InChI=1S/C15H18N2O4/c1-3-6-17(11(2)18)9-15(19)16-8-12-4-5-13-14(7-12)21-10-20-13/h3-5,7H,1,6,8-10H2,2H3,(H,16,19). The van der Waals surface area contributed by atoms with Crippen molar-refractivity contribution in [1.29, 1.82) is 0 Å². The molecule has 1 heterocycles. The summed E-state index contributed by atoms with van der Waals surface area (Å²) in [6.45, 7) is 5.96. The van der Waals surface area contributed by atoms with Crippen molar-refractivity contribution >= 4 is 11.8 Å². The minimum Gasteiger partial charge on any atom is -0.454 e. The molecule has 6 heteroatoms. The molecule has 0 aliphatic carbocycles. The zero-order chi connectivity index (χ0) is 15.2. The third kappa shape index (κ3) is 3.98. The van der Waals surface area contributed by atoms with E-state index in [-0.39, 0.29) is 25.2 Å². The van der Waals surface area contributed by atoms with Gasteiger partial charge in [0.2, 0.25) is 18.6 Å². The van der Waals surface area contributed by atoms with Crippen LogP contribution in [-0.4, -0.2) is 36.6 Å². The van der Waals surface area contributed by atoms with Gasteiger partial charge >= 0.3 is 0 Å². The van der Waals surface area contributed by atoms with Crippen molar-refractivity contribution in [2.75, 3.05) is 19.9 Å². The molecule has 1 aromatic rings. The van der Waals surface area contributed by atoms with E-state index in [9.17, 15) is 9.59 Å². The van der Waals surface area contributed by atoms with E-state index in [2.05, 4.69) is 11.9 Å². The van der Waals surface area contributed by atoms with Gasteiger partial charge in [0.25, 0.3) is 0 Å². The molecule has 1 aliphatic rings. The summed E-state index contributed by atoms with van der Waals surface area (Å²) >= 11 is 0. The van der Waals surface area contributed by atoms with Gasteiger partial charge in [-0.05, 0) is 17.7 Å². The molecule has 0 radical (unpaired) electrons. The maximum atomic E-state index is 11.8. The van der Waals surface area contributed by atoms with Gasteiger partial charge in [0.15, 0.2) is 11.5 Å². The monoisotopic (exact) mass is 290 g/mol. The Morgan fingerprint density at radius 1 is 1.38 bits per heavy atom. The summed E-state index contributed by atoms with van der Waals surface area (Å²) in [5.41, 5.74) is 0.908. The average Bonchev–Trinajstić information content (AvgIpc) is 2.92. The highest BCUT2D eigenvalue weighted by Gasteiger charge is 2.14. The second-order valence-electron chi connectivity index (χ2n) is 4.65. The summed E-state index contributed by atoms with van der Waals surface area (Å²) in [6.07, 6.45) is 1.59. The third-order valence-electron chi connectivity index (χ3n) is 3.06. The van der Waals surface area contributed by atoms with Crippen LogP contribution in [0.5, 0.6) is 11.5 Å². The molecule has 0 saturated carbocycles. The molecule has 21 heavy (non-hydrogen) atoms. The number of hydrogen-bond acceptors (Lipinski definition) is 4. The second-order valence-corrected chi connectivity index (χ2v) is 4.65. The first-order valence-corrected chi connectivity index (χ1v) is 6.62. The van der Waals surface area contributed by atoms with Crippen LogP contribution in [0.3, 0.4) is 0 Å². The summed E-state index contributed by atoms with van der Waals surface area (Å²) in [5, 5.41) is 2.77. The predicted molar refractivity (Wildman–Crippen MR) is 76.9 cm³/mol. The summed E-state index contributed by atoms with van der Waals surface area (Å²) in [6, 6.07) is 5.50. The topological polar surface area (TPSA) is 67.9 Å². The minimum atomic E-state index is -0.218. The molecule has 0 atom stereocenters. The summed E-state index contributed by atoms with van der Waals surface area (Å²) < 4.78 is 10.5. The Labute approximate surface area is 123 Å². The fourth-order valence-electron chi connectivity index (χ4n) is 1.94. The number of nitrogens with zero attached hydrogens (tertiary/aromatic N) is 1. The van der Waals surface area contributed by atoms with Gasteiger partial charge in [-0.15, -0.1) is 6.58 Å². The maximum absolute atomic E-state index is 11.8. The van der Waals surface area contributed by atoms with Crippen LogP contribution in [0.25, 0.3) is 0 Å². The minimum absolute atomic E-state index is 0.0197. The number of ether oxygens (including phenoxy) is 2. The van der Waals surface area contributed by atoms with Gasteiger partial charge in [-0.25, -0.2) is 0 Å². The lowest BCUT2D eigenvalue weighted by Gasteiger charge is -2.18. The van der Waals surface area contributed by atoms with E-state index >= 15 is 0 Å². The van der Waals surface area contributed by atoms with Crippen molar-refractivity contribution in [3.8, 4) is 11.5 Å². The molecule has 2 amide bonds. The van der Waals surface area contributed by atoms with Crippen LogP contribution in [0.15, 0.2) is 30.9 Å². The Balaban J connectivity index is 1.86. The third-order valence-corrected chi connectivity index (χ3v) is 3.06. The van der Waals surface area contributed by atoms with Gasteiger partial charge < -0.3 is 19.7 Å². The Kier molecular flexibility index (Phi) is 4.81. The molecule has 0 spiro atoms. The molecule has 0 fully saturated rings. The molecule has 1 aromatic carbocycles. The number of benzene rings is 1. The highest BCUT2D eigenvalue weighted by atomic mass is 16.7. The number of amides is 2. The quantitative estimate of drug-likeness (QED) is 0.796. The van der Waals surface area contributed by atoms with Crippen molar-refractivity contribution in [3.63, 3.8) is 0 Å². The lowest BCUT2D eigenvalue weighted by atomic mass is 10.2. The fourth-order valence-corrected chi connectivity index (χ4v) is 1.94. The van der Waals surface area contributed by atoms with Gasteiger partial charge in [0.1, 0.15) is 0 Å². The number of rotatable bonds is 6. The lowest BCUT2D eigenvalue weighted by molar-refractivity contribution is -0.133. The van der Waals surface area contributed by atoms with Crippen LogP contribution >= 0.6 is 0 Å². The highest BCUT2D eigenvalue weighted by Crippen LogP contribution is 2.32. The molecule has 112 valence electrons. The molecule has 0 aromatic heterocycles. The molecule has 1 N–H and O–H groups in total. The molecule has 1 aliphatic heterocycles. The Bertz CT molecular complexity index is 557. The maximum Gasteiger partial charge on any atom is 0.239 e. The van der Waals surface area contributed by atoms with E-state index in [1.807, 2.05) is 18.2 Å². The number of hydrogen-bond donors (Lipinski definition) is 1. The van der Waals surface area contributed by atoms with E-state index in [1.165, 1.54) is 11.8 Å². The SMILES string of the molecule is C=CCN(CC(=O)NCc1ccc2c(c1)OCO2)C(C)=O. The van der Waals surface area contributed by atoms with Crippen LogP contribution < -0.4 is 14.8 Å². The molecule has 2 rings (SSSR count). The lowest BCUT2D eigenvalue weighted by Crippen LogP contribution is -2.39. The smallest absolute Gasteiger partial charge is 0.239 e. The molecular weight excluding hydrogens is 272 g/mol. The Morgan fingerprint density at radius 2 is 2.14 bits per heavy atom. The van der Waals surface area contributed by atoms with Crippen LogP contribution in [0.4, 0.5) is 0 Å². The zero-order valence-electron chi connectivity index (χ0n) is 11.9. The van der Waals surface area contributed by atoms with E-state index in [1.54, 1.807) is 6.08 Å². The van der Waals surface area contributed by atoms with Crippen LogP contribution in [-0.2, 0) is 16.1 Å². The first-order valence-electron chi connectivity index (χ1n) is 6.62. The number of fused-ring (bicyclic) bond motifs is 1. The van der Waals surface area contributed by atoms with Crippen molar-refractivity contribution in [2.45, 2.75) is 13.5 Å². The second kappa shape index (κ2) is 6.78. The molecule has 6 nitrogen and oxygen atoms in total. The van der Waals surface area contributed by atoms with Crippen molar-refractivity contribution in [1.82, 2.24) is 10.2 Å². The normalized spacial score (nSPS) is 11.9. The van der Waals surface area contributed by atoms with Gasteiger partial charge in [-0.1, -0.05) is 12.1 Å². The molecule has 0 saturated heterocycles. The van der Waals surface area contributed by atoms with E-state index < -0.39 is 0 Å². The van der Waals surface area contributed by atoms with E-state index in [0.29, 0.717) is 24.6 Å². The van der Waals surface area contributed by atoms with Crippen LogP contribution in [0.2, 0.25) is 0 Å². The number of carbonyl (C=O) groups is 2. The predicted octanol–water partition coefficient (Wildman–Crippen LogP) is 1.07. The van der Waals surface area contributed by atoms with Crippen LogP contribution in [0, 0.1) is 0 Å². The van der Waals surface area contributed by atoms with E-state index in [4.69, 9.17) is 9.47 Å². The van der Waals surface area contributed by atoms with E-state index in [0.717, 1.165) is 5.56 Å². The number of carbonyl (C=O) groups excluding carboxylic acids is 2. The van der Waals surface area contributed by atoms with Gasteiger partial charge in [-0.3, -0.25) is 9.59 Å². The van der Waals surface area contributed by atoms with Gasteiger partial charge in [-0.2, -0.15) is 0 Å². The largest absolute Gasteiger partial charge is 0.454 e. The molecule has 0 unspecified atom stereocenters. The summed E-state index contributed by atoms with van der Waals surface area (Å²) in [7, 11) is 0. The van der Waals surface area contributed by atoms with Gasteiger partial charge in [0, 0.05) is 20.0 Å². The highest BCUT2D eigenvalue weighted by molar-refractivity contribution is 5.83. The molecule has 0 bridgehead atoms. The van der Waals surface area contributed by atoms with Gasteiger partial charge in [0.05, 0.1) is 6.54 Å². The summed E-state index contributed by atoms with van der Waals surface area (Å²) in [4.78, 5) is 24.6. The first kappa shape index (κ1) is 14.9. The first-order chi connectivity index (χ1) is 10.1. The van der Waals surface area contributed by atoms with Crippen molar-refractivity contribution in [2.24, 2.45) is 0 Å². The van der Waals surface area contributed by atoms with Crippen molar-refractivity contribution < 1.29 is 19.1 Å².